The summed E-state index contributed by atoms with van der Waals surface area (Å²) in [5.74, 6) is -0.403. The first-order valence-electron chi connectivity index (χ1n) is 6.89. The minimum Gasteiger partial charge on any atom is -0.339 e. The van der Waals surface area contributed by atoms with Crippen LogP contribution in [0.2, 0.25) is 0 Å². The molecule has 1 aliphatic heterocycles. The SMILES string of the molecule is C=C(C(=O)N1CCC(S(=O)(=O)O)CC1)c1cccc([N+](=O)[O-])c1. The van der Waals surface area contributed by atoms with Gasteiger partial charge < -0.3 is 4.90 Å². The Morgan fingerprint density at radius 2 is 1.96 bits per heavy atom. The Morgan fingerprint density at radius 1 is 1.35 bits per heavy atom. The summed E-state index contributed by atoms with van der Waals surface area (Å²) in [4.78, 5) is 24.0. The molecule has 0 bridgehead atoms. The smallest absolute Gasteiger partial charge is 0.270 e. The van der Waals surface area contributed by atoms with Crippen molar-refractivity contribution in [2.75, 3.05) is 13.1 Å². The number of carbonyl (C=O) groups is 1. The molecule has 1 aliphatic rings. The first-order valence-corrected chi connectivity index (χ1v) is 8.40. The zero-order valence-corrected chi connectivity index (χ0v) is 13.0. The fourth-order valence-electron chi connectivity index (χ4n) is 2.48. The number of benzene rings is 1. The lowest BCUT2D eigenvalue weighted by atomic mass is 10.0. The highest BCUT2D eigenvalue weighted by Crippen LogP contribution is 2.23. The van der Waals surface area contributed by atoms with E-state index in [4.69, 9.17) is 4.55 Å². The molecule has 1 aromatic carbocycles. The summed E-state index contributed by atoms with van der Waals surface area (Å²) in [5, 5.41) is 9.91. The maximum absolute atomic E-state index is 12.4. The highest BCUT2D eigenvalue weighted by atomic mass is 32.2. The number of nitro groups is 1. The molecule has 23 heavy (non-hydrogen) atoms. The van der Waals surface area contributed by atoms with Crippen LogP contribution in [0.5, 0.6) is 0 Å². The molecule has 8 nitrogen and oxygen atoms in total. The number of non-ortho nitro benzene ring substituents is 1. The van der Waals surface area contributed by atoms with Gasteiger partial charge in [-0.05, 0) is 18.4 Å². The monoisotopic (exact) mass is 340 g/mol. The highest BCUT2D eigenvalue weighted by Gasteiger charge is 2.31. The number of nitro benzene ring substituents is 1. The van der Waals surface area contributed by atoms with Crippen molar-refractivity contribution in [3.05, 3.63) is 46.5 Å². The minimum atomic E-state index is -4.10. The minimum absolute atomic E-state index is 0.110. The average molecular weight is 340 g/mol. The van der Waals surface area contributed by atoms with Gasteiger partial charge in [-0.15, -0.1) is 0 Å². The van der Waals surface area contributed by atoms with E-state index in [1.807, 2.05) is 0 Å². The zero-order valence-electron chi connectivity index (χ0n) is 12.2. The van der Waals surface area contributed by atoms with Crippen LogP contribution in [0.4, 0.5) is 5.69 Å². The fourth-order valence-corrected chi connectivity index (χ4v) is 3.28. The lowest BCUT2D eigenvalue weighted by Crippen LogP contribution is -2.42. The van der Waals surface area contributed by atoms with Gasteiger partial charge in [0, 0.05) is 30.8 Å². The molecule has 0 atom stereocenters. The van der Waals surface area contributed by atoms with E-state index in [1.165, 1.54) is 23.1 Å². The number of hydrogen-bond acceptors (Lipinski definition) is 5. The van der Waals surface area contributed by atoms with E-state index in [2.05, 4.69) is 6.58 Å². The Bertz CT molecular complexity index is 750. The van der Waals surface area contributed by atoms with Crippen LogP contribution in [-0.4, -0.2) is 47.0 Å². The van der Waals surface area contributed by atoms with Crippen molar-refractivity contribution in [3.63, 3.8) is 0 Å². The molecule has 0 radical (unpaired) electrons. The molecule has 0 saturated carbocycles. The zero-order chi connectivity index (χ0) is 17.2. The predicted octanol–water partition coefficient (Wildman–Crippen LogP) is 1.49. The van der Waals surface area contributed by atoms with E-state index in [-0.39, 0.29) is 37.2 Å². The number of nitrogens with zero attached hydrogens (tertiary/aromatic N) is 2. The van der Waals surface area contributed by atoms with Crippen molar-refractivity contribution < 1.29 is 22.7 Å². The molecule has 124 valence electrons. The molecule has 0 unspecified atom stereocenters. The standard InChI is InChI=1S/C14H16N2O6S/c1-10(11-3-2-4-12(9-11)16(18)19)14(17)15-7-5-13(6-8-15)23(20,21)22/h2-4,9,13H,1,5-8H2,(H,20,21,22). The summed E-state index contributed by atoms with van der Waals surface area (Å²) >= 11 is 0. The molecule has 9 heteroatoms. The second-order valence-corrected chi connectivity index (χ2v) is 6.99. The molecule has 0 aliphatic carbocycles. The van der Waals surface area contributed by atoms with Crippen molar-refractivity contribution in [2.45, 2.75) is 18.1 Å². The van der Waals surface area contributed by atoms with Crippen LogP contribution in [0.1, 0.15) is 18.4 Å². The normalized spacial score (nSPS) is 16.1. The molecular weight excluding hydrogens is 324 g/mol. The van der Waals surface area contributed by atoms with E-state index < -0.39 is 26.2 Å². The van der Waals surface area contributed by atoms with Gasteiger partial charge in [-0.1, -0.05) is 18.7 Å². The van der Waals surface area contributed by atoms with Gasteiger partial charge in [0.15, 0.2) is 0 Å². The van der Waals surface area contributed by atoms with Crippen LogP contribution in [0.15, 0.2) is 30.8 Å². The number of piperidine rings is 1. The highest BCUT2D eigenvalue weighted by molar-refractivity contribution is 7.86. The van der Waals surface area contributed by atoms with Crippen LogP contribution >= 0.6 is 0 Å². The van der Waals surface area contributed by atoms with Crippen LogP contribution in [0.3, 0.4) is 0 Å². The van der Waals surface area contributed by atoms with Crippen molar-refractivity contribution >= 4 is 27.3 Å². The Balaban J connectivity index is 2.08. The van der Waals surface area contributed by atoms with Gasteiger partial charge in [-0.3, -0.25) is 19.5 Å². The Morgan fingerprint density at radius 3 is 2.48 bits per heavy atom. The third-order valence-corrected chi connectivity index (χ3v) is 5.13. The van der Waals surface area contributed by atoms with Crippen molar-refractivity contribution in [2.24, 2.45) is 0 Å². The van der Waals surface area contributed by atoms with Crippen LogP contribution in [0.25, 0.3) is 5.57 Å². The van der Waals surface area contributed by atoms with E-state index in [0.717, 1.165) is 0 Å². The van der Waals surface area contributed by atoms with Crippen molar-refractivity contribution in [1.82, 2.24) is 4.90 Å². The van der Waals surface area contributed by atoms with Crippen LogP contribution in [0, 0.1) is 10.1 Å². The van der Waals surface area contributed by atoms with Gasteiger partial charge in [-0.25, -0.2) is 0 Å². The molecular formula is C14H16N2O6S. The Kier molecular flexibility index (Phi) is 4.81. The maximum atomic E-state index is 12.4. The molecule has 1 N–H and O–H groups in total. The van der Waals surface area contributed by atoms with Gasteiger partial charge in [0.25, 0.3) is 21.7 Å². The quantitative estimate of drug-likeness (QED) is 0.384. The Labute approximate surface area is 133 Å². The van der Waals surface area contributed by atoms with E-state index in [0.29, 0.717) is 5.56 Å². The fraction of sp³-hybridized carbons (Fsp3) is 0.357. The average Bonchev–Trinajstić information content (AvgIpc) is 2.53. The summed E-state index contributed by atoms with van der Waals surface area (Å²) in [6.45, 7) is 4.04. The molecule has 1 amide bonds. The van der Waals surface area contributed by atoms with Crippen molar-refractivity contribution in [1.29, 1.82) is 0 Å². The number of likely N-dealkylation sites (tertiary alicyclic amines) is 1. The molecule has 1 heterocycles. The lowest BCUT2D eigenvalue weighted by molar-refractivity contribution is -0.384. The number of hydrogen-bond donors (Lipinski definition) is 1. The molecule has 2 rings (SSSR count). The summed E-state index contributed by atoms with van der Waals surface area (Å²) < 4.78 is 31.2. The topological polar surface area (TPSA) is 118 Å². The third-order valence-electron chi connectivity index (χ3n) is 3.81. The summed E-state index contributed by atoms with van der Waals surface area (Å²) in [6, 6.07) is 5.61. The van der Waals surface area contributed by atoms with Gasteiger partial charge in [0.05, 0.1) is 10.2 Å². The van der Waals surface area contributed by atoms with E-state index in [9.17, 15) is 23.3 Å². The summed E-state index contributed by atoms with van der Waals surface area (Å²) in [6.07, 6.45) is 0.291. The molecule has 1 saturated heterocycles. The first kappa shape index (κ1) is 17.1. The van der Waals surface area contributed by atoms with Gasteiger partial charge in [0.1, 0.15) is 0 Å². The number of carbonyl (C=O) groups excluding carboxylic acids is 1. The molecule has 1 fully saturated rings. The Hall–Kier alpha value is -2.26. The molecule has 0 spiro atoms. The van der Waals surface area contributed by atoms with E-state index >= 15 is 0 Å². The maximum Gasteiger partial charge on any atom is 0.270 e. The molecule has 0 aromatic heterocycles. The van der Waals surface area contributed by atoms with Crippen LogP contribution in [-0.2, 0) is 14.9 Å². The third kappa shape index (κ3) is 3.93. The summed E-state index contributed by atoms with van der Waals surface area (Å²) in [7, 11) is -4.10. The first-order chi connectivity index (χ1) is 10.7. The predicted molar refractivity (Wildman–Crippen MR) is 83.3 cm³/mol. The van der Waals surface area contributed by atoms with Crippen molar-refractivity contribution in [3.8, 4) is 0 Å². The molecule has 1 aromatic rings. The van der Waals surface area contributed by atoms with E-state index in [1.54, 1.807) is 6.07 Å². The number of amides is 1. The number of rotatable bonds is 4. The van der Waals surface area contributed by atoms with Gasteiger partial charge >= 0.3 is 0 Å². The van der Waals surface area contributed by atoms with Crippen LogP contribution < -0.4 is 0 Å². The lowest BCUT2D eigenvalue weighted by Gasteiger charge is -2.31. The van der Waals surface area contributed by atoms with Gasteiger partial charge in [-0.2, -0.15) is 8.42 Å². The second kappa shape index (κ2) is 6.47. The summed E-state index contributed by atoms with van der Waals surface area (Å²) in [5.41, 5.74) is 0.321. The second-order valence-electron chi connectivity index (χ2n) is 5.29. The largest absolute Gasteiger partial charge is 0.339 e. The van der Waals surface area contributed by atoms with Gasteiger partial charge in [0.2, 0.25) is 0 Å².